The number of benzene rings is 1. The van der Waals surface area contributed by atoms with Gasteiger partial charge in [0.1, 0.15) is 10.8 Å². The summed E-state index contributed by atoms with van der Waals surface area (Å²) in [7, 11) is -3.75. The lowest BCUT2D eigenvalue weighted by Crippen LogP contribution is -2.12. The van der Waals surface area contributed by atoms with Gasteiger partial charge in [-0.15, -0.1) is 10.2 Å². The van der Waals surface area contributed by atoms with E-state index < -0.39 is 15.8 Å². The average Bonchev–Trinajstić information content (AvgIpc) is 2.77. The molecule has 0 atom stereocenters. The Morgan fingerprint density at radius 1 is 1.21 bits per heavy atom. The molecule has 0 fully saturated rings. The third-order valence-corrected chi connectivity index (χ3v) is 4.90. The van der Waals surface area contributed by atoms with Crippen LogP contribution in [0.3, 0.4) is 0 Å². The molecule has 8 heteroatoms. The molecule has 1 aromatic carbocycles. The normalized spacial score (nSPS) is 11.8. The molecule has 2 aromatic rings. The molecule has 0 bridgehead atoms. The van der Waals surface area contributed by atoms with Crippen LogP contribution in [0.2, 0.25) is 0 Å². The van der Waals surface area contributed by atoms with Crippen molar-refractivity contribution in [1.29, 1.82) is 0 Å². The summed E-state index contributed by atoms with van der Waals surface area (Å²) in [4.78, 5) is -0.0183. The van der Waals surface area contributed by atoms with Crippen LogP contribution in [-0.2, 0) is 10.0 Å². The molecule has 0 unspecified atom stereocenters. The van der Waals surface area contributed by atoms with Crippen molar-refractivity contribution >= 4 is 26.5 Å². The van der Waals surface area contributed by atoms with Crippen LogP contribution in [0.5, 0.6) is 0 Å². The van der Waals surface area contributed by atoms with Crippen molar-refractivity contribution in [2.45, 2.75) is 24.7 Å². The second kappa shape index (κ2) is 5.22. The Labute approximate surface area is 114 Å². The fraction of sp³-hybridized carbons (Fsp3) is 0.273. The van der Waals surface area contributed by atoms with Gasteiger partial charge in [0.25, 0.3) is 10.0 Å². The molecule has 0 spiro atoms. The predicted molar refractivity (Wildman–Crippen MR) is 71.2 cm³/mol. The Morgan fingerprint density at radius 3 is 2.37 bits per heavy atom. The number of halogens is 1. The molecule has 0 saturated carbocycles. The molecular formula is C11H12FN3O2S2. The van der Waals surface area contributed by atoms with Gasteiger partial charge in [-0.1, -0.05) is 25.2 Å². The molecule has 1 heterocycles. The highest BCUT2D eigenvalue weighted by Crippen LogP contribution is 2.24. The van der Waals surface area contributed by atoms with E-state index in [2.05, 4.69) is 14.9 Å². The zero-order chi connectivity index (χ0) is 14.0. The van der Waals surface area contributed by atoms with Crippen molar-refractivity contribution in [3.05, 3.63) is 35.1 Å². The number of nitrogens with zero attached hydrogens (tertiary/aromatic N) is 2. The Morgan fingerprint density at radius 2 is 1.84 bits per heavy atom. The number of aromatic nitrogens is 2. The lowest BCUT2D eigenvalue weighted by Gasteiger charge is -2.04. The van der Waals surface area contributed by atoms with Crippen LogP contribution in [0.4, 0.5) is 9.52 Å². The molecule has 0 aliphatic heterocycles. The van der Waals surface area contributed by atoms with E-state index in [4.69, 9.17) is 0 Å². The minimum Gasteiger partial charge on any atom is -0.253 e. The van der Waals surface area contributed by atoms with E-state index in [-0.39, 0.29) is 15.9 Å². The molecule has 1 N–H and O–H groups in total. The second-order valence-electron chi connectivity index (χ2n) is 4.16. The molecule has 0 saturated heterocycles. The molecule has 2 rings (SSSR count). The highest BCUT2D eigenvalue weighted by molar-refractivity contribution is 7.93. The number of nitrogens with one attached hydrogen (secondary N) is 1. The van der Waals surface area contributed by atoms with Gasteiger partial charge in [0.05, 0.1) is 4.90 Å². The zero-order valence-electron chi connectivity index (χ0n) is 10.3. The number of hydrogen-bond acceptors (Lipinski definition) is 5. The van der Waals surface area contributed by atoms with Gasteiger partial charge in [-0.2, -0.15) is 0 Å². The number of sulfonamides is 1. The molecule has 102 valence electrons. The van der Waals surface area contributed by atoms with E-state index in [1.54, 1.807) is 0 Å². The van der Waals surface area contributed by atoms with Gasteiger partial charge in [0.15, 0.2) is 0 Å². The Bertz CT molecular complexity index is 666. The van der Waals surface area contributed by atoms with E-state index >= 15 is 0 Å². The molecule has 0 aliphatic carbocycles. The summed E-state index contributed by atoms with van der Waals surface area (Å²) in [5.74, 6) is -0.307. The Balaban J connectivity index is 2.23. The van der Waals surface area contributed by atoms with E-state index in [0.717, 1.165) is 17.1 Å². The van der Waals surface area contributed by atoms with E-state index in [0.29, 0.717) is 0 Å². The number of hydrogen-bond donors (Lipinski definition) is 1. The fourth-order valence-corrected chi connectivity index (χ4v) is 3.27. The molecule has 0 aliphatic rings. The molecule has 19 heavy (non-hydrogen) atoms. The van der Waals surface area contributed by atoms with Crippen LogP contribution < -0.4 is 4.72 Å². The van der Waals surface area contributed by atoms with Gasteiger partial charge < -0.3 is 0 Å². The van der Waals surface area contributed by atoms with Crippen LogP contribution in [0.1, 0.15) is 24.8 Å². The molecule has 5 nitrogen and oxygen atoms in total. The summed E-state index contributed by atoms with van der Waals surface area (Å²) in [5.41, 5.74) is 0. The molecule has 0 amide bonds. The summed E-state index contributed by atoms with van der Waals surface area (Å²) in [5, 5.41) is 8.61. The van der Waals surface area contributed by atoms with Gasteiger partial charge in [0, 0.05) is 5.92 Å². The first kappa shape index (κ1) is 13.9. The lowest BCUT2D eigenvalue weighted by molar-refractivity contribution is 0.599. The van der Waals surface area contributed by atoms with Crippen LogP contribution in [0.15, 0.2) is 29.2 Å². The largest absolute Gasteiger partial charge is 0.263 e. The van der Waals surface area contributed by atoms with Crippen molar-refractivity contribution in [2.75, 3.05) is 4.72 Å². The van der Waals surface area contributed by atoms with E-state index in [9.17, 15) is 12.8 Å². The molecule has 0 radical (unpaired) electrons. The summed E-state index contributed by atoms with van der Waals surface area (Å²) in [6.07, 6.45) is 0. The molecular weight excluding hydrogens is 289 g/mol. The van der Waals surface area contributed by atoms with Crippen LogP contribution in [0, 0.1) is 5.82 Å². The average molecular weight is 301 g/mol. The summed E-state index contributed by atoms with van der Waals surface area (Å²) >= 11 is 1.18. The first-order valence-corrected chi connectivity index (χ1v) is 7.80. The fourth-order valence-electron chi connectivity index (χ4n) is 1.30. The minimum atomic E-state index is -3.75. The van der Waals surface area contributed by atoms with Crippen LogP contribution in [-0.4, -0.2) is 18.6 Å². The topological polar surface area (TPSA) is 72.0 Å². The van der Waals surface area contributed by atoms with Crippen molar-refractivity contribution < 1.29 is 12.8 Å². The minimum absolute atomic E-state index is 0.0183. The first-order chi connectivity index (χ1) is 8.88. The van der Waals surface area contributed by atoms with Crippen molar-refractivity contribution in [3.8, 4) is 0 Å². The van der Waals surface area contributed by atoms with Gasteiger partial charge in [-0.05, 0) is 24.3 Å². The van der Waals surface area contributed by atoms with Crippen molar-refractivity contribution in [1.82, 2.24) is 10.2 Å². The lowest BCUT2D eigenvalue weighted by atomic mass is 10.2. The highest BCUT2D eigenvalue weighted by Gasteiger charge is 2.17. The Kier molecular flexibility index (Phi) is 3.81. The quantitative estimate of drug-likeness (QED) is 0.942. The van der Waals surface area contributed by atoms with Gasteiger partial charge in [-0.25, -0.2) is 12.8 Å². The third-order valence-electron chi connectivity index (χ3n) is 2.28. The molecule has 1 aromatic heterocycles. The van der Waals surface area contributed by atoms with Gasteiger partial charge in [0.2, 0.25) is 5.13 Å². The zero-order valence-corrected chi connectivity index (χ0v) is 11.9. The maximum atomic E-state index is 12.8. The van der Waals surface area contributed by atoms with Crippen molar-refractivity contribution in [2.24, 2.45) is 0 Å². The van der Waals surface area contributed by atoms with E-state index in [1.165, 1.54) is 23.5 Å². The summed E-state index contributed by atoms with van der Waals surface area (Å²) in [6, 6.07) is 4.58. The van der Waals surface area contributed by atoms with E-state index in [1.807, 2.05) is 13.8 Å². The van der Waals surface area contributed by atoms with Crippen molar-refractivity contribution in [3.63, 3.8) is 0 Å². The smallest absolute Gasteiger partial charge is 0.253 e. The van der Waals surface area contributed by atoms with Gasteiger partial charge in [-0.3, -0.25) is 4.72 Å². The maximum absolute atomic E-state index is 12.8. The Hall–Kier alpha value is -1.54. The SMILES string of the molecule is CC(C)c1nnc(NS(=O)(=O)c2ccc(F)cc2)s1. The summed E-state index contributed by atoms with van der Waals surface area (Å²) in [6.45, 7) is 3.89. The third kappa shape index (κ3) is 3.27. The standard InChI is InChI=1S/C11H12FN3O2S2/c1-7(2)10-13-14-11(18-10)15-19(16,17)9-5-3-8(12)4-6-9/h3-7H,1-2H3,(H,14,15). The highest BCUT2D eigenvalue weighted by atomic mass is 32.2. The number of rotatable bonds is 4. The second-order valence-corrected chi connectivity index (χ2v) is 6.85. The van der Waals surface area contributed by atoms with Crippen LogP contribution >= 0.6 is 11.3 Å². The summed E-state index contributed by atoms with van der Waals surface area (Å²) < 4.78 is 39.1. The number of anilines is 1. The maximum Gasteiger partial charge on any atom is 0.263 e. The van der Waals surface area contributed by atoms with Crippen LogP contribution in [0.25, 0.3) is 0 Å². The van der Waals surface area contributed by atoms with Gasteiger partial charge >= 0.3 is 0 Å². The first-order valence-electron chi connectivity index (χ1n) is 5.50. The monoisotopic (exact) mass is 301 g/mol. The predicted octanol–water partition coefficient (Wildman–Crippen LogP) is 2.60.